The Morgan fingerprint density at radius 3 is 2.86 bits per heavy atom. The van der Waals surface area contributed by atoms with Crippen molar-refractivity contribution in [2.75, 3.05) is 0 Å². The van der Waals surface area contributed by atoms with Crippen molar-refractivity contribution in [2.45, 2.75) is 51.6 Å². The van der Waals surface area contributed by atoms with Crippen molar-refractivity contribution < 1.29 is 4.79 Å². The quantitative estimate of drug-likeness (QED) is 0.497. The number of aromatic nitrogens is 4. The van der Waals surface area contributed by atoms with E-state index in [0.29, 0.717) is 6.54 Å². The average Bonchev–Trinajstić information content (AvgIpc) is 3.45. The zero-order valence-corrected chi connectivity index (χ0v) is 17.2. The Balaban J connectivity index is 1.58. The van der Waals surface area contributed by atoms with Crippen LogP contribution in [0.1, 0.15) is 52.9 Å². The first-order valence-electron chi connectivity index (χ1n) is 10.2. The molecule has 0 spiro atoms. The predicted octanol–water partition coefficient (Wildman–Crippen LogP) is 4.62. The summed E-state index contributed by atoms with van der Waals surface area (Å²) < 4.78 is 1.80. The van der Waals surface area contributed by atoms with Crippen LogP contribution in [0.2, 0.25) is 0 Å². The molecule has 1 fully saturated rings. The van der Waals surface area contributed by atoms with Crippen LogP contribution in [0.3, 0.4) is 0 Å². The van der Waals surface area contributed by atoms with E-state index in [1.165, 1.54) is 36.2 Å². The zero-order valence-electron chi connectivity index (χ0n) is 16.4. The maximum Gasteiger partial charge on any atom is 0.264 e. The molecule has 1 aromatic carbocycles. The molecule has 29 heavy (non-hydrogen) atoms. The van der Waals surface area contributed by atoms with Crippen molar-refractivity contribution >= 4 is 33.8 Å². The van der Waals surface area contributed by atoms with Crippen LogP contribution in [-0.4, -0.2) is 36.9 Å². The van der Waals surface area contributed by atoms with Crippen molar-refractivity contribution in [3.63, 3.8) is 0 Å². The molecule has 1 saturated carbocycles. The molecular formula is C22H23N5OS. The molecule has 5 rings (SSSR count). The second-order valence-corrected chi connectivity index (χ2v) is 8.80. The summed E-state index contributed by atoms with van der Waals surface area (Å²) in [5.41, 5.74) is 3.87. The van der Waals surface area contributed by atoms with Crippen LogP contribution < -0.4 is 0 Å². The van der Waals surface area contributed by atoms with Crippen LogP contribution in [-0.2, 0) is 6.54 Å². The van der Waals surface area contributed by atoms with Gasteiger partial charge in [-0.2, -0.15) is 4.52 Å². The maximum absolute atomic E-state index is 13.4. The summed E-state index contributed by atoms with van der Waals surface area (Å²) in [6.07, 6.45) is 5.73. The lowest BCUT2D eigenvalue weighted by atomic mass is 9.93. The number of rotatable bonds is 4. The summed E-state index contributed by atoms with van der Waals surface area (Å²) in [6, 6.07) is 12.6. The second-order valence-electron chi connectivity index (χ2n) is 7.85. The monoisotopic (exact) mass is 405 g/mol. The number of hydrogen-bond donors (Lipinski definition) is 0. The van der Waals surface area contributed by atoms with Gasteiger partial charge in [0.05, 0.1) is 16.9 Å². The maximum atomic E-state index is 13.4. The fraction of sp³-hybridized carbons (Fsp3) is 0.364. The van der Waals surface area contributed by atoms with E-state index in [0.717, 1.165) is 39.8 Å². The molecule has 0 atom stereocenters. The zero-order chi connectivity index (χ0) is 19.8. The summed E-state index contributed by atoms with van der Waals surface area (Å²) in [5, 5.41) is 15.5. The molecule has 0 bridgehead atoms. The van der Waals surface area contributed by atoms with Gasteiger partial charge in [0.2, 0.25) is 0 Å². The number of thiophene rings is 1. The lowest BCUT2D eigenvalue weighted by Crippen LogP contribution is -2.40. The van der Waals surface area contributed by atoms with Gasteiger partial charge in [-0.25, -0.2) is 0 Å². The highest BCUT2D eigenvalue weighted by Crippen LogP contribution is 2.28. The van der Waals surface area contributed by atoms with Crippen LogP contribution in [0.5, 0.6) is 0 Å². The molecule has 148 valence electrons. The molecule has 0 N–H and O–H groups in total. The molecule has 1 amide bonds. The minimum Gasteiger partial charge on any atom is -0.330 e. The SMILES string of the molecule is Cc1ccc2cc(CN(C(=O)c3cccs3)C3CCCCC3)c3nnnn3c2c1. The average molecular weight is 406 g/mol. The van der Waals surface area contributed by atoms with Crippen molar-refractivity contribution in [1.82, 2.24) is 24.9 Å². The molecule has 0 saturated heterocycles. The summed E-state index contributed by atoms with van der Waals surface area (Å²) in [4.78, 5) is 16.2. The number of tetrazole rings is 1. The summed E-state index contributed by atoms with van der Waals surface area (Å²) in [5.74, 6) is 0.113. The summed E-state index contributed by atoms with van der Waals surface area (Å²) in [7, 11) is 0. The minimum atomic E-state index is 0.113. The number of amides is 1. The van der Waals surface area contributed by atoms with E-state index in [1.807, 2.05) is 17.5 Å². The van der Waals surface area contributed by atoms with Gasteiger partial charge in [0, 0.05) is 17.0 Å². The third-order valence-electron chi connectivity index (χ3n) is 5.85. The van der Waals surface area contributed by atoms with Gasteiger partial charge < -0.3 is 4.90 Å². The molecule has 6 nitrogen and oxygen atoms in total. The Morgan fingerprint density at radius 2 is 2.07 bits per heavy atom. The third-order valence-corrected chi connectivity index (χ3v) is 6.71. The van der Waals surface area contributed by atoms with Crippen LogP contribution in [0, 0.1) is 6.92 Å². The first-order chi connectivity index (χ1) is 14.2. The number of fused-ring (bicyclic) bond motifs is 3. The molecule has 4 aromatic rings. The first-order valence-corrected chi connectivity index (χ1v) is 11.0. The third kappa shape index (κ3) is 3.40. The minimum absolute atomic E-state index is 0.113. The molecule has 1 aliphatic carbocycles. The summed E-state index contributed by atoms with van der Waals surface area (Å²) in [6.45, 7) is 2.59. The number of benzene rings is 1. The highest BCUT2D eigenvalue weighted by molar-refractivity contribution is 7.12. The largest absolute Gasteiger partial charge is 0.330 e. The van der Waals surface area contributed by atoms with Gasteiger partial charge in [0.25, 0.3) is 5.91 Å². The van der Waals surface area contributed by atoms with Gasteiger partial charge in [-0.05, 0) is 59.3 Å². The van der Waals surface area contributed by atoms with Crippen molar-refractivity contribution in [3.8, 4) is 0 Å². The lowest BCUT2D eigenvalue weighted by Gasteiger charge is -2.34. The van der Waals surface area contributed by atoms with Crippen LogP contribution in [0.4, 0.5) is 0 Å². The van der Waals surface area contributed by atoms with Crippen molar-refractivity contribution in [1.29, 1.82) is 0 Å². The lowest BCUT2D eigenvalue weighted by molar-refractivity contribution is 0.0620. The molecule has 0 unspecified atom stereocenters. The number of hydrogen-bond acceptors (Lipinski definition) is 5. The predicted molar refractivity (Wildman–Crippen MR) is 114 cm³/mol. The van der Waals surface area contributed by atoms with E-state index in [1.54, 1.807) is 4.52 Å². The van der Waals surface area contributed by atoms with Crippen molar-refractivity contribution in [2.24, 2.45) is 0 Å². The van der Waals surface area contributed by atoms with Gasteiger partial charge in [0.1, 0.15) is 0 Å². The Hall–Kier alpha value is -2.80. The fourth-order valence-electron chi connectivity index (χ4n) is 4.36. The van der Waals surface area contributed by atoms with Gasteiger partial charge >= 0.3 is 0 Å². The number of carbonyl (C=O) groups is 1. The first kappa shape index (κ1) is 18.2. The van der Waals surface area contributed by atoms with E-state index >= 15 is 0 Å². The molecular weight excluding hydrogens is 382 g/mol. The highest BCUT2D eigenvalue weighted by atomic mass is 32.1. The molecule has 3 aromatic heterocycles. The molecule has 3 heterocycles. The fourth-order valence-corrected chi connectivity index (χ4v) is 5.04. The Bertz CT molecular complexity index is 1160. The van der Waals surface area contributed by atoms with E-state index < -0.39 is 0 Å². The highest BCUT2D eigenvalue weighted by Gasteiger charge is 2.28. The number of carbonyl (C=O) groups excluding carboxylic acids is 1. The van der Waals surface area contributed by atoms with Crippen LogP contribution in [0.25, 0.3) is 16.6 Å². The standard InChI is InChI=1S/C22H23N5OS/c1-15-9-10-16-13-17(21-23-24-25-27(21)19(16)12-15)14-26(18-6-3-2-4-7-18)22(28)20-8-5-11-29-20/h5,8-13,18H,2-4,6-7,14H2,1H3. The van der Waals surface area contributed by atoms with Gasteiger partial charge in [-0.15, -0.1) is 16.4 Å². The Labute approximate surface area is 173 Å². The molecule has 1 aliphatic rings. The Kier molecular flexibility index (Phi) is 4.75. The van der Waals surface area contributed by atoms with Gasteiger partial charge in [0.15, 0.2) is 5.65 Å². The van der Waals surface area contributed by atoms with Crippen LogP contribution >= 0.6 is 11.3 Å². The van der Waals surface area contributed by atoms with E-state index in [2.05, 4.69) is 51.6 Å². The van der Waals surface area contributed by atoms with E-state index in [9.17, 15) is 4.79 Å². The van der Waals surface area contributed by atoms with Crippen molar-refractivity contribution in [3.05, 3.63) is 57.8 Å². The molecule has 7 heteroatoms. The second kappa shape index (κ2) is 7.55. The molecule has 0 radical (unpaired) electrons. The number of nitrogens with zero attached hydrogens (tertiary/aromatic N) is 5. The van der Waals surface area contributed by atoms with Crippen LogP contribution in [0.15, 0.2) is 41.8 Å². The molecule has 0 aliphatic heterocycles. The number of pyridine rings is 1. The van der Waals surface area contributed by atoms with E-state index in [4.69, 9.17) is 0 Å². The topological polar surface area (TPSA) is 63.4 Å². The number of aryl methyl sites for hydroxylation is 1. The van der Waals surface area contributed by atoms with E-state index in [-0.39, 0.29) is 11.9 Å². The summed E-state index contributed by atoms with van der Waals surface area (Å²) >= 11 is 1.51. The normalized spacial score (nSPS) is 15.2. The smallest absolute Gasteiger partial charge is 0.264 e. The Morgan fingerprint density at radius 1 is 1.21 bits per heavy atom. The van der Waals surface area contributed by atoms with Gasteiger partial charge in [-0.1, -0.05) is 37.5 Å². The van der Waals surface area contributed by atoms with Gasteiger partial charge in [-0.3, -0.25) is 4.79 Å².